The van der Waals surface area contributed by atoms with Crippen LogP contribution in [0.2, 0.25) is 10.0 Å². The molecular weight excluding hydrogens is 255 g/mol. The molecule has 0 amide bonds. The lowest BCUT2D eigenvalue weighted by molar-refractivity contribution is -0.0125. The van der Waals surface area contributed by atoms with E-state index in [-0.39, 0.29) is 0 Å². The Morgan fingerprint density at radius 2 is 2.06 bits per heavy atom. The summed E-state index contributed by atoms with van der Waals surface area (Å²) in [5, 5.41) is 11.9. The fourth-order valence-electron chi connectivity index (χ4n) is 3.63. The van der Waals surface area contributed by atoms with Gasteiger partial charge in [-0.25, -0.2) is 0 Å². The molecule has 0 aromatic heterocycles. The van der Waals surface area contributed by atoms with E-state index in [4.69, 9.17) is 23.2 Å². The van der Waals surface area contributed by atoms with E-state index in [1.807, 2.05) is 18.2 Å². The Balaban J connectivity index is 1.80. The zero-order valence-electron chi connectivity index (χ0n) is 9.63. The first-order chi connectivity index (χ1) is 8.07. The first-order valence-corrected chi connectivity index (χ1v) is 6.99. The summed E-state index contributed by atoms with van der Waals surface area (Å²) in [5.74, 6) is 1.23. The minimum atomic E-state index is -0.500. The summed E-state index contributed by atoms with van der Waals surface area (Å²) in [6.45, 7) is 0. The second kappa shape index (κ2) is 4.15. The Kier molecular flexibility index (Phi) is 2.89. The Bertz CT molecular complexity index is 446. The molecule has 3 unspecified atom stereocenters. The maximum atomic E-state index is 10.7. The van der Waals surface area contributed by atoms with Gasteiger partial charge in [0.15, 0.2) is 0 Å². The molecule has 0 spiro atoms. The highest BCUT2D eigenvalue weighted by molar-refractivity contribution is 6.42. The van der Waals surface area contributed by atoms with Gasteiger partial charge in [0.1, 0.15) is 0 Å². The van der Waals surface area contributed by atoms with Crippen molar-refractivity contribution in [2.75, 3.05) is 0 Å². The van der Waals surface area contributed by atoms with Gasteiger partial charge in [-0.2, -0.15) is 0 Å². The molecule has 2 saturated carbocycles. The molecule has 2 aliphatic carbocycles. The standard InChI is InChI=1S/C14H16Cl2O/c15-12-4-2-10(6-13(12)16)8-14(17)7-9-1-3-11(14)5-9/h2,4,6,9,11,17H,1,3,5,7-8H2. The van der Waals surface area contributed by atoms with E-state index in [1.54, 1.807) is 0 Å². The molecule has 1 aromatic carbocycles. The Morgan fingerprint density at radius 3 is 2.65 bits per heavy atom. The molecule has 1 aromatic rings. The van der Waals surface area contributed by atoms with Crippen molar-refractivity contribution in [3.05, 3.63) is 33.8 Å². The molecule has 17 heavy (non-hydrogen) atoms. The van der Waals surface area contributed by atoms with Crippen molar-refractivity contribution in [1.29, 1.82) is 0 Å². The number of benzene rings is 1. The van der Waals surface area contributed by atoms with Gasteiger partial charge in [-0.1, -0.05) is 29.3 Å². The Labute approximate surface area is 112 Å². The van der Waals surface area contributed by atoms with Crippen molar-refractivity contribution in [3.8, 4) is 0 Å². The zero-order valence-corrected chi connectivity index (χ0v) is 11.1. The van der Waals surface area contributed by atoms with Crippen LogP contribution in [0.1, 0.15) is 31.2 Å². The largest absolute Gasteiger partial charge is 0.389 e. The molecule has 92 valence electrons. The second-order valence-electron chi connectivity index (χ2n) is 5.61. The summed E-state index contributed by atoms with van der Waals surface area (Å²) in [6.07, 6.45) is 5.36. The van der Waals surface area contributed by atoms with Gasteiger partial charge in [0, 0.05) is 6.42 Å². The topological polar surface area (TPSA) is 20.2 Å². The highest BCUT2D eigenvalue weighted by Crippen LogP contribution is 2.52. The van der Waals surface area contributed by atoms with Gasteiger partial charge >= 0.3 is 0 Å². The predicted molar refractivity (Wildman–Crippen MR) is 70.6 cm³/mol. The van der Waals surface area contributed by atoms with Crippen LogP contribution in [-0.4, -0.2) is 10.7 Å². The Hall–Kier alpha value is -0.240. The van der Waals surface area contributed by atoms with Crippen LogP contribution in [0.4, 0.5) is 0 Å². The van der Waals surface area contributed by atoms with Gasteiger partial charge in [0.25, 0.3) is 0 Å². The molecule has 2 bridgehead atoms. The minimum Gasteiger partial charge on any atom is -0.389 e. The van der Waals surface area contributed by atoms with Crippen LogP contribution in [0, 0.1) is 11.8 Å². The lowest BCUT2D eigenvalue weighted by atomic mass is 9.80. The third-order valence-corrected chi connectivity index (χ3v) is 5.18. The fourth-order valence-corrected chi connectivity index (χ4v) is 3.96. The maximum Gasteiger partial charge on any atom is 0.0718 e. The van der Waals surface area contributed by atoms with E-state index in [0.29, 0.717) is 22.4 Å². The number of halogens is 2. The van der Waals surface area contributed by atoms with E-state index in [0.717, 1.165) is 17.9 Å². The van der Waals surface area contributed by atoms with E-state index in [9.17, 15) is 5.11 Å². The van der Waals surface area contributed by atoms with Gasteiger partial charge in [0.05, 0.1) is 15.6 Å². The summed E-state index contributed by atoms with van der Waals surface area (Å²) in [4.78, 5) is 0. The van der Waals surface area contributed by atoms with Crippen molar-refractivity contribution in [3.63, 3.8) is 0 Å². The highest BCUT2D eigenvalue weighted by atomic mass is 35.5. The monoisotopic (exact) mass is 270 g/mol. The lowest BCUT2D eigenvalue weighted by Crippen LogP contribution is -2.37. The molecule has 2 aliphatic rings. The van der Waals surface area contributed by atoms with Crippen LogP contribution in [0.25, 0.3) is 0 Å². The van der Waals surface area contributed by atoms with Crippen LogP contribution in [0.5, 0.6) is 0 Å². The molecule has 0 aliphatic heterocycles. The molecule has 3 rings (SSSR count). The third kappa shape index (κ3) is 2.09. The molecular formula is C14H16Cl2O. The number of rotatable bonds is 2. The highest BCUT2D eigenvalue weighted by Gasteiger charge is 2.49. The van der Waals surface area contributed by atoms with Crippen LogP contribution in [0.3, 0.4) is 0 Å². The fraction of sp³-hybridized carbons (Fsp3) is 0.571. The molecule has 0 saturated heterocycles. The SMILES string of the molecule is OC1(Cc2ccc(Cl)c(Cl)c2)CC2CCC1C2. The molecule has 0 heterocycles. The maximum absolute atomic E-state index is 10.7. The third-order valence-electron chi connectivity index (χ3n) is 4.44. The lowest BCUT2D eigenvalue weighted by Gasteiger charge is -2.32. The number of fused-ring (bicyclic) bond motifs is 2. The van der Waals surface area contributed by atoms with E-state index < -0.39 is 5.60 Å². The number of hydrogen-bond donors (Lipinski definition) is 1. The normalized spacial score (nSPS) is 35.5. The van der Waals surface area contributed by atoms with E-state index in [1.165, 1.54) is 19.3 Å². The van der Waals surface area contributed by atoms with Crippen LogP contribution in [0.15, 0.2) is 18.2 Å². The van der Waals surface area contributed by atoms with Crippen LogP contribution >= 0.6 is 23.2 Å². The van der Waals surface area contributed by atoms with Gasteiger partial charge in [-0.05, 0) is 55.2 Å². The van der Waals surface area contributed by atoms with Crippen molar-refractivity contribution < 1.29 is 5.11 Å². The average molecular weight is 271 g/mol. The smallest absolute Gasteiger partial charge is 0.0718 e. The summed E-state index contributed by atoms with van der Waals surface area (Å²) < 4.78 is 0. The molecule has 3 atom stereocenters. The molecule has 1 N–H and O–H groups in total. The van der Waals surface area contributed by atoms with Gasteiger partial charge in [-0.15, -0.1) is 0 Å². The van der Waals surface area contributed by atoms with Crippen molar-refractivity contribution >= 4 is 23.2 Å². The van der Waals surface area contributed by atoms with Crippen molar-refractivity contribution in [2.45, 2.75) is 37.7 Å². The summed E-state index contributed by atoms with van der Waals surface area (Å²) in [5.41, 5.74) is 0.592. The minimum absolute atomic E-state index is 0.488. The van der Waals surface area contributed by atoms with E-state index in [2.05, 4.69) is 0 Å². The number of hydrogen-bond acceptors (Lipinski definition) is 1. The predicted octanol–water partition coefficient (Wildman–Crippen LogP) is 4.09. The molecule has 3 heteroatoms. The summed E-state index contributed by atoms with van der Waals surface area (Å²) >= 11 is 11.9. The van der Waals surface area contributed by atoms with Gasteiger partial charge in [0.2, 0.25) is 0 Å². The quantitative estimate of drug-likeness (QED) is 0.859. The van der Waals surface area contributed by atoms with Gasteiger partial charge < -0.3 is 5.11 Å². The van der Waals surface area contributed by atoms with Gasteiger partial charge in [-0.3, -0.25) is 0 Å². The summed E-state index contributed by atoms with van der Waals surface area (Å²) in [6, 6.07) is 5.67. The van der Waals surface area contributed by atoms with E-state index >= 15 is 0 Å². The molecule has 2 fully saturated rings. The summed E-state index contributed by atoms with van der Waals surface area (Å²) in [7, 11) is 0. The zero-order chi connectivity index (χ0) is 12.0. The Morgan fingerprint density at radius 1 is 1.24 bits per heavy atom. The average Bonchev–Trinajstić information content (AvgIpc) is 2.83. The van der Waals surface area contributed by atoms with Crippen molar-refractivity contribution in [1.82, 2.24) is 0 Å². The molecule has 1 nitrogen and oxygen atoms in total. The van der Waals surface area contributed by atoms with Crippen LogP contribution in [-0.2, 0) is 6.42 Å². The first kappa shape index (κ1) is 11.8. The molecule has 0 radical (unpaired) electrons. The number of aliphatic hydroxyl groups is 1. The van der Waals surface area contributed by atoms with Crippen molar-refractivity contribution in [2.24, 2.45) is 11.8 Å². The second-order valence-corrected chi connectivity index (χ2v) is 6.42. The van der Waals surface area contributed by atoms with Crippen LogP contribution < -0.4 is 0 Å². The first-order valence-electron chi connectivity index (χ1n) is 6.23.